The molecule has 0 fully saturated rings. The molecule has 1 aromatic carbocycles. The summed E-state index contributed by atoms with van der Waals surface area (Å²) < 4.78 is 0.836. The second-order valence-corrected chi connectivity index (χ2v) is 3.21. The number of hydrogen-bond acceptors (Lipinski definition) is 2. The number of amides is 1. The predicted molar refractivity (Wildman–Crippen MR) is 52.2 cm³/mol. The standard InChI is InChI=1S/C8H5IN2O/c9-7-4-2-1-3-6(7)8(12)11-5-10/h1-4H,(H,11,12). The van der Waals surface area contributed by atoms with Crippen molar-refractivity contribution in [1.29, 1.82) is 5.26 Å². The Balaban J connectivity index is 2.97. The summed E-state index contributed by atoms with van der Waals surface area (Å²) in [4.78, 5) is 11.1. The highest BCUT2D eigenvalue weighted by Gasteiger charge is 2.06. The van der Waals surface area contributed by atoms with E-state index in [-0.39, 0.29) is 5.91 Å². The lowest BCUT2D eigenvalue weighted by atomic mass is 10.2. The zero-order valence-electron chi connectivity index (χ0n) is 6.04. The largest absolute Gasteiger partial charge is 0.268 e. The van der Waals surface area contributed by atoms with Crippen LogP contribution in [0.2, 0.25) is 0 Å². The van der Waals surface area contributed by atoms with E-state index in [0.717, 1.165) is 3.57 Å². The highest BCUT2D eigenvalue weighted by atomic mass is 127. The summed E-state index contributed by atoms with van der Waals surface area (Å²) >= 11 is 2.05. The molecule has 0 saturated heterocycles. The van der Waals surface area contributed by atoms with Crippen LogP contribution in [-0.2, 0) is 0 Å². The van der Waals surface area contributed by atoms with Gasteiger partial charge in [-0.05, 0) is 34.7 Å². The minimum Gasteiger partial charge on any atom is -0.268 e. The van der Waals surface area contributed by atoms with Gasteiger partial charge in [0, 0.05) is 3.57 Å². The van der Waals surface area contributed by atoms with Gasteiger partial charge in [-0.2, -0.15) is 5.26 Å². The van der Waals surface area contributed by atoms with Crippen molar-refractivity contribution in [3.8, 4) is 6.19 Å². The molecule has 1 rings (SSSR count). The highest BCUT2D eigenvalue weighted by molar-refractivity contribution is 14.1. The molecule has 0 aliphatic heterocycles. The molecule has 0 saturated carbocycles. The molecule has 0 radical (unpaired) electrons. The molecule has 1 aromatic rings. The number of nitrogens with zero attached hydrogens (tertiary/aromatic N) is 1. The summed E-state index contributed by atoms with van der Waals surface area (Å²) in [6.07, 6.45) is 1.59. The van der Waals surface area contributed by atoms with E-state index in [1.165, 1.54) is 0 Å². The topological polar surface area (TPSA) is 52.9 Å². The molecule has 0 aromatic heterocycles. The van der Waals surface area contributed by atoms with E-state index in [0.29, 0.717) is 5.56 Å². The van der Waals surface area contributed by atoms with Crippen molar-refractivity contribution in [2.24, 2.45) is 0 Å². The Morgan fingerprint density at radius 3 is 2.75 bits per heavy atom. The normalized spacial score (nSPS) is 8.67. The maximum Gasteiger partial charge on any atom is 0.265 e. The molecule has 0 spiro atoms. The van der Waals surface area contributed by atoms with Crippen molar-refractivity contribution in [1.82, 2.24) is 5.32 Å². The Kier molecular flexibility index (Phi) is 3.05. The van der Waals surface area contributed by atoms with Crippen LogP contribution in [0.5, 0.6) is 0 Å². The maximum atomic E-state index is 11.1. The summed E-state index contributed by atoms with van der Waals surface area (Å²) in [5.41, 5.74) is 0.527. The smallest absolute Gasteiger partial charge is 0.265 e. The van der Waals surface area contributed by atoms with Crippen LogP contribution in [0, 0.1) is 15.0 Å². The average molecular weight is 272 g/mol. The summed E-state index contributed by atoms with van der Waals surface area (Å²) in [5.74, 6) is -0.359. The molecule has 1 N–H and O–H groups in total. The molecular weight excluding hydrogens is 267 g/mol. The zero-order chi connectivity index (χ0) is 8.97. The molecule has 0 bridgehead atoms. The van der Waals surface area contributed by atoms with Gasteiger partial charge in [0.05, 0.1) is 5.56 Å². The molecule has 3 nitrogen and oxygen atoms in total. The average Bonchev–Trinajstić information content (AvgIpc) is 2.05. The predicted octanol–water partition coefficient (Wildman–Crippen LogP) is 1.50. The second-order valence-electron chi connectivity index (χ2n) is 2.05. The van der Waals surface area contributed by atoms with Gasteiger partial charge in [0.1, 0.15) is 0 Å². The molecule has 60 valence electrons. The lowest BCUT2D eigenvalue weighted by Crippen LogP contribution is -2.18. The lowest BCUT2D eigenvalue weighted by molar-refractivity contribution is 0.0972. The van der Waals surface area contributed by atoms with Gasteiger partial charge in [-0.25, -0.2) is 0 Å². The minimum atomic E-state index is -0.359. The van der Waals surface area contributed by atoms with Gasteiger partial charge in [0.2, 0.25) is 0 Å². The Bertz CT molecular complexity index is 343. The Morgan fingerprint density at radius 2 is 2.17 bits per heavy atom. The molecular formula is C8H5IN2O. The number of rotatable bonds is 1. The van der Waals surface area contributed by atoms with Crippen LogP contribution in [0.15, 0.2) is 24.3 Å². The van der Waals surface area contributed by atoms with Gasteiger partial charge in [-0.3, -0.25) is 10.1 Å². The van der Waals surface area contributed by atoms with Crippen LogP contribution in [0.25, 0.3) is 0 Å². The number of halogens is 1. The molecule has 0 unspecified atom stereocenters. The summed E-state index contributed by atoms with van der Waals surface area (Å²) in [7, 11) is 0. The van der Waals surface area contributed by atoms with E-state index in [4.69, 9.17) is 5.26 Å². The van der Waals surface area contributed by atoms with E-state index in [1.54, 1.807) is 18.3 Å². The summed E-state index contributed by atoms with van der Waals surface area (Å²) in [6.45, 7) is 0. The first-order chi connectivity index (χ1) is 5.75. The van der Waals surface area contributed by atoms with E-state index < -0.39 is 0 Å². The van der Waals surface area contributed by atoms with Gasteiger partial charge < -0.3 is 0 Å². The van der Waals surface area contributed by atoms with Crippen LogP contribution in [0.1, 0.15) is 10.4 Å². The van der Waals surface area contributed by atoms with Crippen LogP contribution in [0.4, 0.5) is 0 Å². The quantitative estimate of drug-likeness (QED) is 0.478. The molecule has 0 heterocycles. The van der Waals surface area contributed by atoms with Crippen molar-refractivity contribution in [3.63, 3.8) is 0 Å². The molecule has 0 aliphatic carbocycles. The number of nitriles is 1. The fraction of sp³-hybridized carbons (Fsp3) is 0. The van der Waals surface area contributed by atoms with E-state index >= 15 is 0 Å². The number of carbonyl (C=O) groups excluding carboxylic acids is 1. The van der Waals surface area contributed by atoms with Gasteiger partial charge in [0.25, 0.3) is 5.91 Å². The van der Waals surface area contributed by atoms with E-state index in [2.05, 4.69) is 5.32 Å². The number of benzene rings is 1. The van der Waals surface area contributed by atoms with Gasteiger partial charge in [-0.15, -0.1) is 0 Å². The highest BCUT2D eigenvalue weighted by Crippen LogP contribution is 2.10. The maximum absolute atomic E-state index is 11.1. The molecule has 0 aliphatic rings. The first-order valence-corrected chi connectivity index (χ1v) is 4.27. The number of hydrogen-bond donors (Lipinski definition) is 1. The van der Waals surface area contributed by atoms with Gasteiger partial charge >= 0.3 is 0 Å². The summed E-state index contributed by atoms with van der Waals surface area (Å²) in [5, 5.41) is 10.3. The van der Waals surface area contributed by atoms with Crippen LogP contribution >= 0.6 is 22.6 Å². The van der Waals surface area contributed by atoms with Crippen LogP contribution in [-0.4, -0.2) is 5.91 Å². The lowest BCUT2D eigenvalue weighted by Gasteiger charge is -1.98. The SMILES string of the molecule is N#CNC(=O)c1ccccc1I. The van der Waals surface area contributed by atoms with Crippen LogP contribution < -0.4 is 5.32 Å². The van der Waals surface area contributed by atoms with Crippen molar-refractivity contribution in [2.75, 3.05) is 0 Å². The fourth-order valence-electron chi connectivity index (χ4n) is 0.763. The van der Waals surface area contributed by atoms with Crippen molar-refractivity contribution in [2.45, 2.75) is 0 Å². The first-order valence-electron chi connectivity index (χ1n) is 3.19. The Morgan fingerprint density at radius 1 is 1.50 bits per heavy atom. The Labute approximate surface area is 83.5 Å². The third-order valence-electron chi connectivity index (χ3n) is 1.29. The van der Waals surface area contributed by atoms with Crippen molar-refractivity contribution >= 4 is 28.5 Å². The fourth-order valence-corrected chi connectivity index (χ4v) is 1.40. The first kappa shape index (κ1) is 9.00. The molecule has 1 amide bonds. The number of carbonyl (C=O) groups is 1. The molecule has 4 heteroatoms. The third-order valence-corrected chi connectivity index (χ3v) is 2.23. The Hall–Kier alpha value is -1.09. The van der Waals surface area contributed by atoms with Gasteiger partial charge in [-0.1, -0.05) is 12.1 Å². The number of nitrogens with one attached hydrogen (secondary N) is 1. The van der Waals surface area contributed by atoms with Crippen molar-refractivity contribution in [3.05, 3.63) is 33.4 Å². The van der Waals surface area contributed by atoms with Gasteiger partial charge in [0.15, 0.2) is 6.19 Å². The monoisotopic (exact) mass is 272 g/mol. The molecule has 0 atom stereocenters. The van der Waals surface area contributed by atoms with Crippen molar-refractivity contribution < 1.29 is 4.79 Å². The minimum absolute atomic E-state index is 0.359. The summed E-state index contributed by atoms with van der Waals surface area (Å²) in [6, 6.07) is 7.08. The zero-order valence-corrected chi connectivity index (χ0v) is 8.20. The molecule has 12 heavy (non-hydrogen) atoms. The third kappa shape index (κ3) is 1.95. The second kappa shape index (κ2) is 4.07. The van der Waals surface area contributed by atoms with E-state index in [1.807, 2.05) is 34.7 Å². The van der Waals surface area contributed by atoms with Crippen LogP contribution in [0.3, 0.4) is 0 Å². The van der Waals surface area contributed by atoms with E-state index in [9.17, 15) is 4.79 Å².